The van der Waals surface area contributed by atoms with Gasteiger partial charge in [0.15, 0.2) is 0 Å². The molecule has 31 heavy (non-hydrogen) atoms. The standard InChI is InChI=1S/C27H24N2O2/c1-17-13-18(2)21-15-24-20-11-7-8-12-22(20)27(3,26(31)29(24)23(21)14-17)16-25(30)28-19-9-5-4-6-10-19/h4-15H,16H2,1-3H3,(H,28,30). The molecule has 1 amide bonds. The lowest BCUT2D eigenvalue weighted by molar-refractivity contribution is -0.117. The molecule has 1 aliphatic heterocycles. The molecule has 3 aromatic carbocycles. The Bertz CT molecular complexity index is 1350. The van der Waals surface area contributed by atoms with E-state index in [2.05, 4.69) is 30.4 Å². The molecule has 2 heterocycles. The third-order valence-corrected chi connectivity index (χ3v) is 6.32. The Morgan fingerprint density at radius 3 is 2.45 bits per heavy atom. The van der Waals surface area contributed by atoms with Crippen LogP contribution in [-0.4, -0.2) is 16.4 Å². The largest absolute Gasteiger partial charge is 0.326 e. The molecule has 4 aromatic rings. The van der Waals surface area contributed by atoms with Gasteiger partial charge >= 0.3 is 0 Å². The molecular weight excluding hydrogens is 384 g/mol. The number of nitrogens with one attached hydrogen (secondary N) is 1. The molecule has 1 atom stereocenters. The Labute approximate surface area is 181 Å². The SMILES string of the molecule is Cc1cc(C)c2cc3n(c2c1)C(=O)C(C)(CC(=O)Nc1ccccc1)c1ccccc1-3. The average Bonchev–Trinajstić information content (AvgIpc) is 3.13. The predicted molar refractivity (Wildman–Crippen MR) is 125 cm³/mol. The number of carbonyl (C=O) groups is 2. The minimum Gasteiger partial charge on any atom is -0.326 e. The molecule has 1 aliphatic rings. The van der Waals surface area contributed by atoms with Gasteiger partial charge in [-0.25, -0.2) is 0 Å². The molecule has 1 N–H and O–H groups in total. The number of nitrogens with zero attached hydrogens (tertiary/aromatic N) is 1. The van der Waals surface area contributed by atoms with Gasteiger partial charge in [-0.3, -0.25) is 14.2 Å². The zero-order valence-electron chi connectivity index (χ0n) is 17.9. The monoisotopic (exact) mass is 408 g/mol. The van der Waals surface area contributed by atoms with Crippen molar-refractivity contribution in [3.05, 3.63) is 89.5 Å². The van der Waals surface area contributed by atoms with Crippen LogP contribution in [0.5, 0.6) is 0 Å². The summed E-state index contributed by atoms with van der Waals surface area (Å²) in [5, 5.41) is 4.01. The van der Waals surface area contributed by atoms with Crippen LogP contribution >= 0.6 is 0 Å². The van der Waals surface area contributed by atoms with E-state index >= 15 is 0 Å². The van der Waals surface area contributed by atoms with Crippen LogP contribution in [0.2, 0.25) is 0 Å². The van der Waals surface area contributed by atoms with Gasteiger partial charge < -0.3 is 5.32 Å². The van der Waals surface area contributed by atoms with Gasteiger partial charge in [0, 0.05) is 23.1 Å². The number of carbonyl (C=O) groups excluding carboxylic acids is 2. The number of para-hydroxylation sites is 1. The van der Waals surface area contributed by atoms with E-state index in [-0.39, 0.29) is 18.2 Å². The van der Waals surface area contributed by atoms with Gasteiger partial charge in [0.1, 0.15) is 0 Å². The fraction of sp³-hybridized carbons (Fsp3) is 0.185. The number of hydrogen-bond acceptors (Lipinski definition) is 2. The van der Waals surface area contributed by atoms with Crippen molar-refractivity contribution < 1.29 is 9.59 Å². The average molecular weight is 409 g/mol. The zero-order valence-corrected chi connectivity index (χ0v) is 17.9. The van der Waals surface area contributed by atoms with E-state index in [1.165, 1.54) is 0 Å². The predicted octanol–water partition coefficient (Wildman–Crippen LogP) is 5.87. The molecular formula is C27H24N2O2. The molecule has 4 nitrogen and oxygen atoms in total. The van der Waals surface area contributed by atoms with Gasteiger partial charge in [-0.05, 0) is 61.7 Å². The molecule has 1 unspecified atom stereocenters. The van der Waals surface area contributed by atoms with Crippen molar-refractivity contribution in [3.8, 4) is 11.3 Å². The summed E-state index contributed by atoms with van der Waals surface area (Å²) in [7, 11) is 0. The third-order valence-electron chi connectivity index (χ3n) is 6.32. The fourth-order valence-corrected chi connectivity index (χ4v) is 4.85. The van der Waals surface area contributed by atoms with E-state index in [0.717, 1.165) is 44.5 Å². The highest BCUT2D eigenvalue weighted by Crippen LogP contribution is 2.45. The lowest BCUT2D eigenvalue weighted by Crippen LogP contribution is -2.43. The quantitative estimate of drug-likeness (QED) is 0.461. The maximum Gasteiger partial charge on any atom is 0.242 e. The molecule has 0 aliphatic carbocycles. The number of fused-ring (bicyclic) bond motifs is 5. The minimum atomic E-state index is -0.966. The smallest absolute Gasteiger partial charge is 0.242 e. The Morgan fingerprint density at radius 1 is 0.968 bits per heavy atom. The van der Waals surface area contributed by atoms with Crippen LogP contribution in [0.3, 0.4) is 0 Å². The number of aryl methyl sites for hydroxylation is 2. The van der Waals surface area contributed by atoms with Crippen LogP contribution in [0.25, 0.3) is 22.2 Å². The molecule has 0 fully saturated rings. The van der Waals surface area contributed by atoms with Crippen LogP contribution in [0.15, 0.2) is 72.8 Å². The van der Waals surface area contributed by atoms with Crippen LogP contribution in [0.4, 0.5) is 5.69 Å². The van der Waals surface area contributed by atoms with Crippen LogP contribution in [0.1, 0.15) is 34.8 Å². The summed E-state index contributed by atoms with van der Waals surface area (Å²) in [5.74, 6) is -0.242. The third kappa shape index (κ3) is 2.98. The van der Waals surface area contributed by atoms with Gasteiger partial charge in [-0.15, -0.1) is 0 Å². The van der Waals surface area contributed by atoms with Gasteiger partial charge in [0.25, 0.3) is 0 Å². The highest BCUT2D eigenvalue weighted by molar-refractivity contribution is 6.09. The zero-order chi connectivity index (χ0) is 21.8. The van der Waals surface area contributed by atoms with Crippen molar-refractivity contribution >= 4 is 28.4 Å². The lowest BCUT2D eigenvalue weighted by Gasteiger charge is -2.35. The second kappa shape index (κ2) is 6.95. The molecule has 0 saturated carbocycles. The number of hydrogen-bond donors (Lipinski definition) is 1. The molecule has 154 valence electrons. The molecule has 0 saturated heterocycles. The maximum atomic E-state index is 14.0. The normalized spacial score (nSPS) is 17.3. The van der Waals surface area contributed by atoms with Crippen molar-refractivity contribution in [2.24, 2.45) is 0 Å². The molecule has 5 rings (SSSR count). The van der Waals surface area contributed by atoms with Crippen LogP contribution in [-0.2, 0) is 10.2 Å². The maximum absolute atomic E-state index is 14.0. The van der Waals surface area contributed by atoms with E-state index in [1.54, 1.807) is 0 Å². The second-order valence-electron chi connectivity index (χ2n) is 8.65. The topological polar surface area (TPSA) is 51.1 Å². The van der Waals surface area contributed by atoms with Crippen molar-refractivity contribution in [2.45, 2.75) is 32.6 Å². The van der Waals surface area contributed by atoms with E-state index in [0.29, 0.717) is 0 Å². The molecule has 1 aromatic heterocycles. The highest BCUT2D eigenvalue weighted by Gasteiger charge is 2.45. The van der Waals surface area contributed by atoms with Gasteiger partial charge in [0.05, 0.1) is 16.6 Å². The Hall–Kier alpha value is -3.66. The summed E-state index contributed by atoms with van der Waals surface area (Å²) < 4.78 is 1.81. The van der Waals surface area contributed by atoms with E-state index in [9.17, 15) is 9.59 Å². The Morgan fingerprint density at radius 2 is 1.68 bits per heavy atom. The van der Waals surface area contributed by atoms with Crippen LogP contribution < -0.4 is 5.32 Å². The number of anilines is 1. The van der Waals surface area contributed by atoms with Gasteiger partial charge in [-0.1, -0.05) is 48.5 Å². The Balaban J connectivity index is 1.65. The van der Waals surface area contributed by atoms with Crippen molar-refractivity contribution in [1.29, 1.82) is 0 Å². The second-order valence-corrected chi connectivity index (χ2v) is 8.65. The first-order valence-electron chi connectivity index (χ1n) is 10.5. The minimum absolute atomic E-state index is 0.0654. The summed E-state index contributed by atoms with van der Waals surface area (Å²) in [6, 6.07) is 23.6. The number of aromatic nitrogens is 1. The van der Waals surface area contributed by atoms with E-state index in [4.69, 9.17) is 0 Å². The summed E-state index contributed by atoms with van der Waals surface area (Å²) >= 11 is 0. The van der Waals surface area contributed by atoms with E-state index < -0.39 is 5.41 Å². The summed E-state index contributed by atoms with van der Waals surface area (Å²) in [6.45, 7) is 6.00. The molecule has 0 bridgehead atoms. The van der Waals surface area contributed by atoms with E-state index in [1.807, 2.05) is 73.0 Å². The first-order chi connectivity index (χ1) is 14.9. The molecule has 0 radical (unpaired) electrons. The molecule has 4 heteroatoms. The first kappa shape index (κ1) is 19.3. The molecule has 0 spiro atoms. The Kier molecular flexibility index (Phi) is 4.33. The summed E-state index contributed by atoms with van der Waals surface area (Å²) in [5.41, 5.74) is 5.72. The van der Waals surface area contributed by atoms with Crippen molar-refractivity contribution in [3.63, 3.8) is 0 Å². The summed E-state index contributed by atoms with van der Waals surface area (Å²) in [6.07, 6.45) is 0.0711. The lowest BCUT2D eigenvalue weighted by atomic mass is 9.73. The van der Waals surface area contributed by atoms with Crippen molar-refractivity contribution in [2.75, 3.05) is 5.32 Å². The van der Waals surface area contributed by atoms with Crippen molar-refractivity contribution in [1.82, 2.24) is 4.57 Å². The highest BCUT2D eigenvalue weighted by atomic mass is 16.2. The first-order valence-corrected chi connectivity index (χ1v) is 10.5. The summed E-state index contributed by atoms with van der Waals surface area (Å²) in [4.78, 5) is 27.0. The number of rotatable bonds is 3. The van der Waals surface area contributed by atoms with Gasteiger partial charge in [0.2, 0.25) is 11.8 Å². The fourth-order valence-electron chi connectivity index (χ4n) is 4.85. The number of amides is 1. The van der Waals surface area contributed by atoms with Crippen LogP contribution in [0, 0.1) is 13.8 Å². The van der Waals surface area contributed by atoms with Gasteiger partial charge in [-0.2, -0.15) is 0 Å². The number of benzene rings is 3.